The maximum absolute atomic E-state index is 11.7. The van der Waals surface area contributed by atoms with E-state index in [2.05, 4.69) is 26.1 Å². The van der Waals surface area contributed by atoms with Gasteiger partial charge in [0.05, 0.1) is 0 Å². The van der Waals surface area contributed by atoms with Gasteiger partial charge in [-0.05, 0) is 18.8 Å². The van der Waals surface area contributed by atoms with Crippen LogP contribution in [0.3, 0.4) is 0 Å². The van der Waals surface area contributed by atoms with E-state index in [0.29, 0.717) is 12.3 Å². The summed E-state index contributed by atoms with van der Waals surface area (Å²) in [7, 11) is 0. The van der Waals surface area contributed by atoms with Gasteiger partial charge in [0.1, 0.15) is 0 Å². The Hall–Kier alpha value is -0.530. The molecule has 0 heterocycles. The van der Waals surface area contributed by atoms with E-state index in [1.165, 1.54) is 51.4 Å². The van der Waals surface area contributed by atoms with Crippen molar-refractivity contribution in [2.45, 2.75) is 85.0 Å². The molecular weight excluding hydrogens is 222 g/mol. The third-order valence-electron chi connectivity index (χ3n) is 3.64. The Morgan fingerprint density at radius 3 is 2.22 bits per heavy atom. The predicted molar refractivity (Wildman–Crippen MR) is 79.7 cm³/mol. The van der Waals surface area contributed by atoms with Crippen LogP contribution in [0.5, 0.6) is 0 Å². The van der Waals surface area contributed by atoms with Crippen LogP contribution in [0.2, 0.25) is 0 Å². The quantitative estimate of drug-likeness (QED) is 0.504. The van der Waals surface area contributed by atoms with E-state index in [-0.39, 0.29) is 5.91 Å². The lowest BCUT2D eigenvalue weighted by molar-refractivity contribution is -0.121. The molecule has 0 fully saturated rings. The first kappa shape index (κ1) is 17.5. The molecule has 1 N–H and O–H groups in total. The molecule has 0 spiro atoms. The molecule has 0 rings (SSSR count). The molecule has 0 aromatic carbocycles. The molecule has 0 aliphatic carbocycles. The van der Waals surface area contributed by atoms with Crippen molar-refractivity contribution in [1.82, 2.24) is 5.32 Å². The number of hydrogen-bond donors (Lipinski definition) is 1. The molecule has 1 unspecified atom stereocenters. The lowest BCUT2D eigenvalue weighted by Gasteiger charge is -2.15. The van der Waals surface area contributed by atoms with Gasteiger partial charge in [-0.25, -0.2) is 0 Å². The van der Waals surface area contributed by atoms with E-state index in [0.717, 1.165) is 13.0 Å². The van der Waals surface area contributed by atoms with Crippen molar-refractivity contribution in [2.75, 3.05) is 6.54 Å². The zero-order chi connectivity index (χ0) is 13.6. The standard InChI is InChI=1S/C16H33NO/c1-4-7-9-10-11-13-16(18)17-14-15(6-3)12-8-5-2/h15H,4-14H2,1-3H3,(H,17,18). The second-order valence-corrected chi connectivity index (χ2v) is 5.38. The number of amides is 1. The smallest absolute Gasteiger partial charge is 0.220 e. The van der Waals surface area contributed by atoms with Gasteiger partial charge in [0.15, 0.2) is 0 Å². The van der Waals surface area contributed by atoms with Gasteiger partial charge in [0.25, 0.3) is 0 Å². The van der Waals surface area contributed by atoms with Gasteiger partial charge in [0, 0.05) is 13.0 Å². The normalized spacial score (nSPS) is 12.4. The van der Waals surface area contributed by atoms with Gasteiger partial charge in [-0.2, -0.15) is 0 Å². The SMILES string of the molecule is CCCCCCCC(=O)NCC(CC)CCCC. The van der Waals surface area contributed by atoms with Gasteiger partial charge in [0.2, 0.25) is 5.91 Å². The molecule has 0 aromatic rings. The van der Waals surface area contributed by atoms with Crippen LogP contribution in [0.15, 0.2) is 0 Å². The summed E-state index contributed by atoms with van der Waals surface area (Å²) < 4.78 is 0. The van der Waals surface area contributed by atoms with Crippen LogP contribution in [0, 0.1) is 5.92 Å². The molecule has 1 amide bonds. The predicted octanol–water partition coefficient (Wildman–Crippen LogP) is 4.68. The van der Waals surface area contributed by atoms with E-state index in [1.54, 1.807) is 0 Å². The first-order valence-corrected chi connectivity index (χ1v) is 8.01. The number of carbonyl (C=O) groups is 1. The summed E-state index contributed by atoms with van der Waals surface area (Å²) in [4.78, 5) is 11.7. The fraction of sp³-hybridized carbons (Fsp3) is 0.938. The second-order valence-electron chi connectivity index (χ2n) is 5.38. The second kappa shape index (κ2) is 12.9. The van der Waals surface area contributed by atoms with Crippen molar-refractivity contribution in [1.29, 1.82) is 0 Å². The molecular formula is C16H33NO. The molecule has 0 aliphatic rings. The molecule has 18 heavy (non-hydrogen) atoms. The van der Waals surface area contributed by atoms with Crippen molar-refractivity contribution >= 4 is 5.91 Å². The average molecular weight is 255 g/mol. The van der Waals surface area contributed by atoms with Gasteiger partial charge < -0.3 is 5.32 Å². The zero-order valence-electron chi connectivity index (χ0n) is 12.8. The molecule has 0 bridgehead atoms. The maximum Gasteiger partial charge on any atom is 0.220 e. The van der Waals surface area contributed by atoms with E-state index in [1.807, 2.05) is 0 Å². The largest absolute Gasteiger partial charge is 0.356 e. The van der Waals surface area contributed by atoms with Crippen molar-refractivity contribution < 1.29 is 4.79 Å². The molecule has 0 aromatic heterocycles. The van der Waals surface area contributed by atoms with Crippen LogP contribution < -0.4 is 5.32 Å². The topological polar surface area (TPSA) is 29.1 Å². The fourth-order valence-electron chi connectivity index (χ4n) is 2.18. The minimum absolute atomic E-state index is 0.251. The number of hydrogen-bond acceptors (Lipinski definition) is 1. The molecule has 1 atom stereocenters. The Labute approximate surface area is 114 Å². The van der Waals surface area contributed by atoms with Crippen LogP contribution in [-0.2, 0) is 4.79 Å². The number of unbranched alkanes of at least 4 members (excludes halogenated alkanes) is 5. The molecule has 108 valence electrons. The highest BCUT2D eigenvalue weighted by molar-refractivity contribution is 5.75. The summed E-state index contributed by atoms with van der Waals surface area (Å²) in [5.74, 6) is 0.926. The first-order valence-electron chi connectivity index (χ1n) is 8.01. The third-order valence-corrected chi connectivity index (χ3v) is 3.64. The summed E-state index contributed by atoms with van der Waals surface area (Å²) in [5, 5.41) is 3.09. The number of carbonyl (C=O) groups excluding carboxylic acids is 1. The van der Waals surface area contributed by atoms with Crippen LogP contribution in [0.1, 0.15) is 85.0 Å². The Balaban J connectivity index is 3.49. The van der Waals surface area contributed by atoms with Crippen LogP contribution >= 0.6 is 0 Å². The Kier molecular flexibility index (Phi) is 12.5. The zero-order valence-corrected chi connectivity index (χ0v) is 12.8. The lowest BCUT2D eigenvalue weighted by Crippen LogP contribution is -2.28. The highest BCUT2D eigenvalue weighted by Crippen LogP contribution is 2.11. The minimum Gasteiger partial charge on any atom is -0.356 e. The van der Waals surface area contributed by atoms with Crippen LogP contribution in [0.4, 0.5) is 0 Å². The Morgan fingerprint density at radius 1 is 0.944 bits per heavy atom. The molecule has 0 saturated carbocycles. The molecule has 2 nitrogen and oxygen atoms in total. The summed E-state index contributed by atoms with van der Waals surface area (Å²) in [6.07, 6.45) is 11.8. The lowest BCUT2D eigenvalue weighted by atomic mass is 9.99. The van der Waals surface area contributed by atoms with Gasteiger partial charge in [-0.1, -0.05) is 65.7 Å². The van der Waals surface area contributed by atoms with Crippen molar-refractivity contribution in [3.63, 3.8) is 0 Å². The molecule has 0 saturated heterocycles. The highest BCUT2D eigenvalue weighted by Gasteiger charge is 2.07. The fourth-order valence-corrected chi connectivity index (χ4v) is 2.18. The maximum atomic E-state index is 11.7. The number of nitrogens with one attached hydrogen (secondary N) is 1. The highest BCUT2D eigenvalue weighted by atomic mass is 16.1. The summed E-state index contributed by atoms with van der Waals surface area (Å²) >= 11 is 0. The third kappa shape index (κ3) is 10.6. The average Bonchev–Trinajstić information content (AvgIpc) is 2.39. The van der Waals surface area contributed by atoms with Crippen molar-refractivity contribution in [2.24, 2.45) is 5.92 Å². The van der Waals surface area contributed by atoms with E-state index in [9.17, 15) is 4.79 Å². The monoisotopic (exact) mass is 255 g/mol. The van der Waals surface area contributed by atoms with Crippen molar-refractivity contribution in [3.8, 4) is 0 Å². The number of rotatable bonds is 12. The molecule has 2 heteroatoms. The van der Waals surface area contributed by atoms with E-state index >= 15 is 0 Å². The van der Waals surface area contributed by atoms with Crippen molar-refractivity contribution in [3.05, 3.63) is 0 Å². The van der Waals surface area contributed by atoms with E-state index < -0.39 is 0 Å². The van der Waals surface area contributed by atoms with E-state index in [4.69, 9.17) is 0 Å². The minimum atomic E-state index is 0.251. The molecule has 0 radical (unpaired) electrons. The van der Waals surface area contributed by atoms with Gasteiger partial charge >= 0.3 is 0 Å². The summed E-state index contributed by atoms with van der Waals surface area (Å²) in [6.45, 7) is 7.54. The van der Waals surface area contributed by atoms with Crippen LogP contribution in [-0.4, -0.2) is 12.5 Å². The summed E-state index contributed by atoms with van der Waals surface area (Å²) in [5.41, 5.74) is 0. The van der Waals surface area contributed by atoms with Gasteiger partial charge in [-0.3, -0.25) is 4.79 Å². The molecule has 0 aliphatic heterocycles. The van der Waals surface area contributed by atoms with Gasteiger partial charge in [-0.15, -0.1) is 0 Å². The Bertz CT molecular complexity index is 192. The Morgan fingerprint density at radius 2 is 1.61 bits per heavy atom. The summed E-state index contributed by atoms with van der Waals surface area (Å²) in [6, 6.07) is 0. The first-order chi connectivity index (χ1) is 8.74. The van der Waals surface area contributed by atoms with Crippen LogP contribution in [0.25, 0.3) is 0 Å².